The standard InChI is InChI=1S/C14H13FN2O3S/c15-10-4-3-5-11(8-10)17-14(18)9-21(19,20)13-7-2-1-6-12(13)16/h1-8H,9,16H2,(H,17,18). The van der Waals surface area contributed by atoms with Gasteiger partial charge in [-0.3, -0.25) is 4.79 Å². The summed E-state index contributed by atoms with van der Waals surface area (Å²) in [5, 5.41) is 2.33. The molecule has 0 aliphatic rings. The zero-order valence-electron chi connectivity index (χ0n) is 10.9. The molecule has 21 heavy (non-hydrogen) atoms. The number of nitrogens with two attached hydrogens (primary N) is 1. The lowest BCUT2D eigenvalue weighted by molar-refractivity contribution is -0.113. The second kappa shape index (κ2) is 5.92. The summed E-state index contributed by atoms with van der Waals surface area (Å²) in [4.78, 5) is 11.7. The smallest absolute Gasteiger partial charge is 0.239 e. The normalized spacial score (nSPS) is 11.1. The highest BCUT2D eigenvalue weighted by atomic mass is 32.2. The lowest BCUT2D eigenvalue weighted by atomic mass is 10.3. The molecule has 0 atom stereocenters. The van der Waals surface area contributed by atoms with Gasteiger partial charge in [-0.05, 0) is 30.3 Å². The molecule has 0 aliphatic carbocycles. The fourth-order valence-electron chi connectivity index (χ4n) is 1.78. The van der Waals surface area contributed by atoms with Crippen molar-refractivity contribution in [3.05, 3.63) is 54.3 Å². The zero-order chi connectivity index (χ0) is 15.5. The number of anilines is 2. The summed E-state index contributed by atoms with van der Waals surface area (Å²) in [6.45, 7) is 0. The SMILES string of the molecule is Nc1ccccc1S(=O)(=O)CC(=O)Nc1cccc(F)c1. The largest absolute Gasteiger partial charge is 0.398 e. The van der Waals surface area contributed by atoms with Gasteiger partial charge in [0.25, 0.3) is 0 Å². The molecule has 0 spiro atoms. The van der Waals surface area contributed by atoms with E-state index in [-0.39, 0.29) is 16.3 Å². The fourth-order valence-corrected chi connectivity index (χ4v) is 3.06. The minimum Gasteiger partial charge on any atom is -0.398 e. The number of nitrogen functional groups attached to an aromatic ring is 1. The molecule has 2 rings (SSSR count). The van der Waals surface area contributed by atoms with Gasteiger partial charge in [-0.1, -0.05) is 18.2 Å². The van der Waals surface area contributed by atoms with Crippen LogP contribution < -0.4 is 11.1 Å². The molecular weight excluding hydrogens is 295 g/mol. The van der Waals surface area contributed by atoms with Crippen LogP contribution in [0.1, 0.15) is 0 Å². The van der Waals surface area contributed by atoms with Crippen molar-refractivity contribution < 1.29 is 17.6 Å². The van der Waals surface area contributed by atoms with E-state index >= 15 is 0 Å². The summed E-state index contributed by atoms with van der Waals surface area (Å²) in [7, 11) is -3.85. The molecule has 1 amide bonds. The highest BCUT2D eigenvalue weighted by molar-refractivity contribution is 7.92. The van der Waals surface area contributed by atoms with Crippen LogP contribution in [0.25, 0.3) is 0 Å². The van der Waals surface area contributed by atoms with Gasteiger partial charge in [0.1, 0.15) is 11.6 Å². The van der Waals surface area contributed by atoms with Crippen LogP contribution in [0.4, 0.5) is 15.8 Å². The van der Waals surface area contributed by atoms with Gasteiger partial charge < -0.3 is 11.1 Å². The molecule has 5 nitrogen and oxygen atoms in total. The molecule has 110 valence electrons. The van der Waals surface area contributed by atoms with E-state index in [2.05, 4.69) is 5.32 Å². The average molecular weight is 308 g/mol. The zero-order valence-corrected chi connectivity index (χ0v) is 11.7. The van der Waals surface area contributed by atoms with E-state index in [9.17, 15) is 17.6 Å². The number of sulfone groups is 1. The molecule has 0 saturated carbocycles. The maximum Gasteiger partial charge on any atom is 0.239 e. The van der Waals surface area contributed by atoms with Gasteiger partial charge in [0.05, 0.1) is 10.6 Å². The minimum absolute atomic E-state index is 0.0797. The minimum atomic E-state index is -3.85. The number of para-hydroxylation sites is 1. The maximum absolute atomic E-state index is 13.0. The first-order valence-electron chi connectivity index (χ1n) is 6.01. The Balaban J connectivity index is 2.14. The molecule has 0 heterocycles. The molecule has 0 unspecified atom stereocenters. The molecule has 0 radical (unpaired) electrons. The van der Waals surface area contributed by atoms with Crippen molar-refractivity contribution in [1.82, 2.24) is 0 Å². The van der Waals surface area contributed by atoms with Crippen LogP contribution in [0.15, 0.2) is 53.4 Å². The van der Waals surface area contributed by atoms with Crippen molar-refractivity contribution in [3.63, 3.8) is 0 Å². The van der Waals surface area contributed by atoms with Crippen LogP contribution >= 0.6 is 0 Å². The lowest BCUT2D eigenvalue weighted by Crippen LogP contribution is -2.23. The quantitative estimate of drug-likeness (QED) is 0.843. The first-order chi connectivity index (χ1) is 9.88. The molecule has 2 aromatic carbocycles. The number of hydrogen-bond acceptors (Lipinski definition) is 4. The van der Waals surface area contributed by atoms with Gasteiger partial charge in [-0.25, -0.2) is 12.8 Å². The highest BCUT2D eigenvalue weighted by Crippen LogP contribution is 2.19. The van der Waals surface area contributed by atoms with Gasteiger partial charge >= 0.3 is 0 Å². The molecule has 0 aliphatic heterocycles. The number of rotatable bonds is 4. The summed E-state index contributed by atoms with van der Waals surface area (Å²) in [5.74, 6) is -2.05. The number of nitrogens with one attached hydrogen (secondary N) is 1. The van der Waals surface area contributed by atoms with Crippen LogP contribution in [-0.4, -0.2) is 20.1 Å². The maximum atomic E-state index is 13.0. The Kier molecular flexibility index (Phi) is 4.23. The predicted octanol–water partition coefficient (Wildman–Crippen LogP) is 1.82. The molecule has 0 bridgehead atoms. The van der Waals surface area contributed by atoms with Crippen molar-refractivity contribution in [3.8, 4) is 0 Å². The van der Waals surface area contributed by atoms with Gasteiger partial charge in [0, 0.05) is 5.69 Å². The number of halogens is 1. The number of carbonyl (C=O) groups is 1. The first-order valence-corrected chi connectivity index (χ1v) is 7.66. The van der Waals surface area contributed by atoms with Crippen LogP contribution in [0, 0.1) is 5.82 Å². The third kappa shape index (κ3) is 3.79. The molecule has 3 N–H and O–H groups in total. The molecule has 0 saturated heterocycles. The Morgan fingerprint density at radius 3 is 2.52 bits per heavy atom. The van der Waals surface area contributed by atoms with E-state index in [0.717, 1.165) is 6.07 Å². The van der Waals surface area contributed by atoms with Crippen LogP contribution in [-0.2, 0) is 14.6 Å². The Morgan fingerprint density at radius 1 is 1.14 bits per heavy atom. The topological polar surface area (TPSA) is 89.3 Å². The molecular formula is C14H13FN2O3S. The van der Waals surface area contributed by atoms with Gasteiger partial charge in [-0.2, -0.15) is 0 Å². The van der Waals surface area contributed by atoms with E-state index in [1.54, 1.807) is 6.07 Å². The summed E-state index contributed by atoms with van der Waals surface area (Å²) >= 11 is 0. The Labute approximate surface area is 121 Å². The van der Waals surface area contributed by atoms with Gasteiger partial charge in [0.2, 0.25) is 5.91 Å². The highest BCUT2D eigenvalue weighted by Gasteiger charge is 2.21. The fraction of sp³-hybridized carbons (Fsp3) is 0.0714. The lowest BCUT2D eigenvalue weighted by Gasteiger charge is -2.08. The number of benzene rings is 2. The summed E-state index contributed by atoms with van der Waals surface area (Å²) in [5.41, 5.74) is 5.87. The van der Waals surface area contributed by atoms with E-state index in [0.29, 0.717) is 0 Å². The monoisotopic (exact) mass is 308 g/mol. The van der Waals surface area contributed by atoms with Gasteiger partial charge in [0.15, 0.2) is 9.84 Å². The van der Waals surface area contributed by atoms with E-state index in [1.807, 2.05) is 0 Å². The van der Waals surface area contributed by atoms with E-state index < -0.39 is 27.3 Å². The van der Waals surface area contributed by atoms with E-state index in [1.165, 1.54) is 36.4 Å². The van der Waals surface area contributed by atoms with Crippen molar-refractivity contribution >= 4 is 27.1 Å². The Hall–Kier alpha value is -2.41. The van der Waals surface area contributed by atoms with Crippen LogP contribution in [0.3, 0.4) is 0 Å². The Morgan fingerprint density at radius 2 is 1.86 bits per heavy atom. The van der Waals surface area contributed by atoms with Crippen molar-refractivity contribution in [1.29, 1.82) is 0 Å². The first kappa shape index (κ1) is 15.0. The van der Waals surface area contributed by atoms with Gasteiger partial charge in [-0.15, -0.1) is 0 Å². The second-order valence-corrected chi connectivity index (χ2v) is 6.31. The van der Waals surface area contributed by atoms with Crippen LogP contribution in [0.2, 0.25) is 0 Å². The van der Waals surface area contributed by atoms with Crippen molar-refractivity contribution in [2.24, 2.45) is 0 Å². The summed E-state index contributed by atoms with van der Waals surface area (Å²) in [6.07, 6.45) is 0. The molecule has 0 fully saturated rings. The molecule has 0 aromatic heterocycles. The summed E-state index contributed by atoms with van der Waals surface area (Å²) < 4.78 is 37.2. The molecule has 2 aromatic rings. The number of hydrogen-bond donors (Lipinski definition) is 2. The predicted molar refractivity (Wildman–Crippen MR) is 77.9 cm³/mol. The van der Waals surface area contributed by atoms with Crippen LogP contribution in [0.5, 0.6) is 0 Å². The second-order valence-electron chi connectivity index (χ2n) is 4.36. The third-order valence-corrected chi connectivity index (χ3v) is 4.37. The Bertz CT molecular complexity index is 775. The van der Waals surface area contributed by atoms with Crippen molar-refractivity contribution in [2.45, 2.75) is 4.90 Å². The number of amides is 1. The van der Waals surface area contributed by atoms with E-state index in [4.69, 9.17) is 5.73 Å². The summed E-state index contributed by atoms with van der Waals surface area (Å²) in [6, 6.07) is 11.1. The number of carbonyl (C=O) groups excluding carboxylic acids is 1. The molecule has 7 heteroatoms. The third-order valence-electron chi connectivity index (χ3n) is 2.68. The van der Waals surface area contributed by atoms with Crippen molar-refractivity contribution in [2.75, 3.05) is 16.8 Å². The average Bonchev–Trinajstić information content (AvgIpc) is 2.38.